The molecule has 2 aliphatic heterocycles. The number of carbonyl (C=O) groups excluding carboxylic acids is 1. The van der Waals surface area contributed by atoms with Crippen molar-refractivity contribution >= 4 is 11.7 Å². The topological polar surface area (TPSA) is 69.5 Å². The van der Waals surface area contributed by atoms with Crippen molar-refractivity contribution in [1.29, 1.82) is 5.26 Å². The van der Waals surface area contributed by atoms with Crippen LogP contribution in [-0.4, -0.2) is 42.0 Å². The number of amides is 1. The van der Waals surface area contributed by atoms with E-state index in [9.17, 15) is 4.79 Å². The van der Waals surface area contributed by atoms with Crippen LogP contribution in [0.25, 0.3) is 0 Å². The van der Waals surface area contributed by atoms with Crippen molar-refractivity contribution in [2.45, 2.75) is 32.4 Å². The van der Waals surface area contributed by atoms with Gasteiger partial charge in [0.15, 0.2) is 0 Å². The third-order valence-electron chi connectivity index (χ3n) is 5.24. The summed E-state index contributed by atoms with van der Waals surface area (Å²) in [5, 5.41) is 9.01. The summed E-state index contributed by atoms with van der Waals surface area (Å²) >= 11 is 0. The number of rotatable bonds is 3. The number of hydrogen-bond acceptors (Lipinski definition) is 5. The molecular weight excluding hydrogens is 340 g/mol. The van der Waals surface area contributed by atoms with E-state index in [0.29, 0.717) is 12.1 Å². The Balaban J connectivity index is 1.43. The molecule has 6 nitrogen and oxygen atoms in total. The molecule has 0 spiro atoms. The molecule has 4 rings (SSSR count). The van der Waals surface area contributed by atoms with E-state index in [2.05, 4.69) is 11.0 Å². The highest BCUT2D eigenvalue weighted by Crippen LogP contribution is 2.29. The third kappa shape index (κ3) is 3.33. The Morgan fingerprint density at radius 1 is 1.26 bits per heavy atom. The van der Waals surface area contributed by atoms with Crippen LogP contribution in [0.4, 0.5) is 5.82 Å². The van der Waals surface area contributed by atoms with Gasteiger partial charge >= 0.3 is 0 Å². The molecule has 2 aliphatic rings. The standard InChI is InChI=1S/C21H22N4O2/c1-14-10-18-19(13-24(2)21(18)26)23-20(14)25-8-6-16(7-9-25)27-17-5-3-4-15(11-17)12-22/h3-5,10-11,16H,6-9,13H2,1-2H3. The van der Waals surface area contributed by atoms with Crippen LogP contribution in [0, 0.1) is 18.3 Å². The highest BCUT2D eigenvalue weighted by atomic mass is 16.5. The molecule has 0 aliphatic carbocycles. The molecule has 2 aromatic rings. The Morgan fingerprint density at radius 3 is 2.78 bits per heavy atom. The minimum Gasteiger partial charge on any atom is -0.490 e. The normalized spacial score (nSPS) is 17.0. The average Bonchev–Trinajstić information content (AvgIpc) is 2.95. The lowest BCUT2D eigenvalue weighted by atomic mass is 10.1. The van der Waals surface area contributed by atoms with Gasteiger partial charge in [-0.25, -0.2) is 4.98 Å². The maximum absolute atomic E-state index is 12.1. The van der Waals surface area contributed by atoms with E-state index in [1.54, 1.807) is 17.0 Å². The molecule has 138 valence electrons. The van der Waals surface area contributed by atoms with E-state index < -0.39 is 0 Å². The predicted molar refractivity (Wildman–Crippen MR) is 102 cm³/mol. The Bertz CT molecular complexity index is 926. The fourth-order valence-corrected chi connectivity index (χ4v) is 3.79. The van der Waals surface area contributed by atoms with Gasteiger partial charge in [0.05, 0.1) is 29.4 Å². The van der Waals surface area contributed by atoms with Gasteiger partial charge in [0.25, 0.3) is 5.91 Å². The molecular formula is C21H22N4O2. The van der Waals surface area contributed by atoms with Gasteiger partial charge in [-0.2, -0.15) is 5.26 Å². The quantitative estimate of drug-likeness (QED) is 0.840. The van der Waals surface area contributed by atoms with Crippen LogP contribution in [0.1, 0.15) is 40.0 Å². The molecule has 0 unspecified atom stereocenters. The third-order valence-corrected chi connectivity index (χ3v) is 5.24. The van der Waals surface area contributed by atoms with Gasteiger partial charge in [-0.15, -0.1) is 0 Å². The number of nitriles is 1. The number of aromatic nitrogens is 1. The average molecular weight is 362 g/mol. The summed E-state index contributed by atoms with van der Waals surface area (Å²) in [4.78, 5) is 20.9. The molecule has 0 radical (unpaired) electrons. The lowest BCUT2D eigenvalue weighted by molar-refractivity contribution is 0.0816. The first-order chi connectivity index (χ1) is 13.0. The Morgan fingerprint density at radius 2 is 2.04 bits per heavy atom. The minimum absolute atomic E-state index is 0.0545. The molecule has 0 saturated carbocycles. The van der Waals surface area contributed by atoms with Crippen LogP contribution in [0.2, 0.25) is 0 Å². The minimum atomic E-state index is 0.0545. The molecule has 1 fully saturated rings. The van der Waals surface area contributed by atoms with Crippen LogP contribution < -0.4 is 9.64 Å². The van der Waals surface area contributed by atoms with Crippen LogP contribution in [0.15, 0.2) is 30.3 Å². The van der Waals surface area contributed by atoms with Gasteiger partial charge < -0.3 is 14.5 Å². The van der Waals surface area contributed by atoms with E-state index in [1.165, 1.54) is 0 Å². The van der Waals surface area contributed by atoms with Crippen molar-refractivity contribution in [2.75, 3.05) is 25.0 Å². The Hall–Kier alpha value is -3.07. The van der Waals surface area contributed by atoms with E-state index >= 15 is 0 Å². The number of anilines is 1. The van der Waals surface area contributed by atoms with Gasteiger partial charge in [0, 0.05) is 33.0 Å². The highest BCUT2D eigenvalue weighted by Gasteiger charge is 2.29. The first-order valence-corrected chi connectivity index (χ1v) is 9.23. The van der Waals surface area contributed by atoms with Gasteiger partial charge in [-0.1, -0.05) is 6.07 Å². The number of nitrogens with zero attached hydrogens (tertiary/aromatic N) is 4. The number of pyridine rings is 1. The zero-order valence-electron chi connectivity index (χ0n) is 15.6. The number of piperidine rings is 1. The number of aryl methyl sites for hydroxylation is 1. The zero-order valence-corrected chi connectivity index (χ0v) is 15.6. The molecule has 1 amide bonds. The molecule has 1 aromatic carbocycles. The molecule has 3 heterocycles. The van der Waals surface area contributed by atoms with Gasteiger partial charge in [0.2, 0.25) is 0 Å². The summed E-state index contributed by atoms with van der Waals surface area (Å²) in [7, 11) is 1.81. The Kier molecular flexibility index (Phi) is 4.44. The van der Waals surface area contributed by atoms with Crippen molar-refractivity contribution < 1.29 is 9.53 Å². The fourth-order valence-electron chi connectivity index (χ4n) is 3.79. The van der Waals surface area contributed by atoms with E-state index in [-0.39, 0.29) is 12.0 Å². The molecule has 1 aromatic heterocycles. The summed E-state index contributed by atoms with van der Waals surface area (Å²) in [6.07, 6.45) is 1.93. The number of hydrogen-bond donors (Lipinski definition) is 0. The zero-order chi connectivity index (χ0) is 19.0. The van der Waals surface area contributed by atoms with Gasteiger partial charge in [0.1, 0.15) is 17.7 Å². The van der Waals surface area contributed by atoms with Crippen molar-refractivity contribution in [3.8, 4) is 11.8 Å². The molecule has 6 heteroatoms. The number of benzene rings is 1. The second kappa shape index (κ2) is 6.92. The van der Waals surface area contributed by atoms with Gasteiger partial charge in [-0.3, -0.25) is 4.79 Å². The van der Waals surface area contributed by atoms with Crippen LogP contribution in [-0.2, 0) is 6.54 Å². The lowest BCUT2D eigenvalue weighted by Gasteiger charge is -2.34. The largest absolute Gasteiger partial charge is 0.490 e. The monoisotopic (exact) mass is 362 g/mol. The fraction of sp³-hybridized carbons (Fsp3) is 0.381. The van der Waals surface area contributed by atoms with Crippen molar-refractivity contribution in [3.05, 3.63) is 52.7 Å². The summed E-state index contributed by atoms with van der Waals surface area (Å²) in [6.45, 7) is 4.32. The summed E-state index contributed by atoms with van der Waals surface area (Å²) < 4.78 is 6.06. The molecule has 0 bridgehead atoms. The molecule has 1 saturated heterocycles. The molecule has 0 atom stereocenters. The molecule has 27 heavy (non-hydrogen) atoms. The Labute approximate surface area is 159 Å². The first kappa shape index (κ1) is 17.3. The van der Waals surface area contributed by atoms with E-state index in [4.69, 9.17) is 15.0 Å². The van der Waals surface area contributed by atoms with Crippen molar-refractivity contribution in [1.82, 2.24) is 9.88 Å². The van der Waals surface area contributed by atoms with Crippen LogP contribution >= 0.6 is 0 Å². The summed E-state index contributed by atoms with van der Waals surface area (Å²) in [5.41, 5.74) is 3.25. The second-order valence-electron chi connectivity index (χ2n) is 7.23. The van der Waals surface area contributed by atoms with Crippen LogP contribution in [0.5, 0.6) is 5.75 Å². The van der Waals surface area contributed by atoms with Crippen molar-refractivity contribution in [2.24, 2.45) is 0 Å². The summed E-state index contributed by atoms with van der Waals surface area (Å²) in [5.74, 6) is 1.78. The second-order valence-corrected chi connectivity index (χ2v) is 7.23. The van der Waals surface area contributed by atoms with Crippen molar-refractivity contribution in [3.63, 3.8) is 0 Å². The lowest BCUT2D eigenvalue weighted by Crippen LogP contribution is -2.39. The SMILES string of the molecule is Cc1cc2c(nc1N1CCC(Oc3cccc(C#N)c3)CC1)CN(C)C2=O. The maximum Gasteiger partial charge on any atom is 0.255 e. The number of carbonyl (C=O) groups is 1. The smallest absolute Gasteiger partial charge is 0.255 e. The predicted octanol–water partition coefficient (Wildman–Crippen LogP) is 2.90. The van der Waals surface area contributed by atoms with E-state index in [1.807, 2.05) is 32.2 Å². The first-order valence-electron chi connectivity index (χ1n) is 9.23. The number of fused-ring (bicyclic) bond motifs is 1. The van der Waals surface area contributed by atoms with Gasteiger partial charge in [-0.05, 0) is 36.8 Å². The van der Waals surface area contributed by atoms with Crippen LogP contribution in [0.3, 0.4) is 0 Å². The summed E-state index contributed by atoms with van der Waals surface area (Å²) in [6, 6.07) is 11.4. The molecule has 0 N–H and O–H groups in total. The highest BCUT2D eigenvalue weighted by molar-refractivity contribution is 5.98. The number of ether oxygens (including phenoxy) is 1. The maximum atomic E-state index is 12.1. The van der Waals surface area contributed by atoms with E-state index in [0.717, 1.165) is 54.3 Å².